The SMILES string of the molecule is CC(C)n1c(=O)c(OCC(=O)N(C)O)cc2cc(Nc3nc(N4CCC(O[C@H]5C[C@H](N6CCC(c7ccc8c(c7F)CN(C7CCC(=O)NC7=O)C8=O)CC6)C5)CC4)ncc3Cl)ccc21. The van der Waals surface area contributed by atoms with Gasteiger partial charge in [0, 0.05) is 60.8 Å². The van der Waals surface area contributed by atoms with Crippen LogP contribution in [0.4, 0.5) is 21.8 Å². The molecule has 17 nitrogen and oxygen atoms in total. The van der Waals surface area contributed by atoms with Crippen molar-refractivity contribution < 1.29 is 38.2 Å². The highest BCUT2D eigenvalue weighted by atomic mass is 35.5. The summed E-state index contributed by atoms with van der Waals surface area (Å²) in [5.74, 6) is -1.26. The third kappa shape index (κ3) is 9.00. The summed E-state index contributed by atoms with van der Waals surface area (Å²) in [6.07, 6.45) is 7.53. The summed E-state index contributed by atoms with van der Waals surface area (Å²) in [7, 11) is 1.19. The van der Waals surface area contributed by atoms with Crippen LogP contribution in [0.3, 0.4) is 0 Å². The maximum absolute atomic E-state index is 16.0. The molecule has 2 aromatic heterocycles. The van der Waals surface area contributed by atoms with E-state index in [2.05, 4.69) is 25.4 Å². The molecule has 6 heterocycles. The number of nitrogens with zero attached hydrogens (tertiary/aromatic N) is 7. The maximum atomic E-state index is 16.0. The highest BCUT2D eigenvalue weighted by molar-refractivity contribution is 6.33. The lowest BCUT2D eigenvalue weighted by Gasteiger charge is -2.47. The fraction of sp³-hybridized carbons (Fsp3) is 0.500. The molecule has 5 aliphatic rings. The van der Waals surface area contributed by atoms with Crippen molar-refractivity contribution in [3.8, 4) is 5.75 Å². The topological polar surface area (TPSA) is 192 Å². The fourth-order valence-corrected chi connectivity index (χ4v) is 10.0. The van der Waals surface area contributed by atoms with Crippen molar-refractivity contribution >= 4 is 63.6 Å². The van der Waals surface area contributed by atoms with Crippen molar-refractivity contribution in [3.05, 3.63) is 80.5 Å². The Morgan fingerprint density at radius 2 is 1.77 bits per heavy atom. The van der Waals surface area contributed by atoms with Gasteiger partial charge in [-0.2, -0.15) is 4.98 Å². The molecule has 19 heteroatoms. The van der Waals surface area contributed by atoms with Crippen LogP contribution in [0, 0.1) is 5.82 Å². The normalized spacial score (nSPS) is 22.0. The zero-order chi connectivity index (χ0) is 45.7. The molecule has 0 spiro atoms. The molecule has 1 saturated carbocycles. The number of halogens is 2. The van der Waals surface area contributed by atoms with Crippen LogP contribution < -0.4 is 25.8 Å². The van der Waals surface area contributed by atoms with Crippen molar-refractivity contribution in [2.45, 2.75) is 108 Å². The number of likely N-dealkylation sites (tertiary alicyclic amines) is 1. The molecule has 1 atom stereocenters. The largest absolute Gasteiger partial charge is 0.478 e. The Hall–Kier alpha value is -5.69. The first-order valence-corrected chi connectivity index (χ1v) is 22.8. The number of aromatic nitrogens is 3. The first kappa shape index (κ1) is 44.5. The Bertz CT molecular complexity index is 2590. The molecule has 9 rings (SSSR count). The van der Waals surface area contributed by atoms with E-state index in [1.54, 1.807) is 29.0 Å². The summed E-state index contributed by atoms with van der Waals surface area (Å²) < 4.78 is 29.7. The number of hydroxylamine groups is 2. The van der Waals surface area contributed by atoms with Gasteiger partial charge in [-0.15, -0.1) is 0 Å². The Balaban J connectivity index is 0.747. The molecule has 344 valence electrons. The van der Waals surface area contributed by atoms with Gasteiger partial charge in [0.05, 0.1) is 30.5 Å². The van der Waals surface area contributed by atoms with Gasteiger partial charge < -0.3 is 34.1 Å². The van der Waals surface area contributed by atoms with Gasteiger partial charge in [-0.3, -0.25) is 34.5 Å². The molecule has 4 fully saturated rings. The average molecular weight is 914 g/mol. The number of benzene rings is 2. The number of carbonyl (C=O) groups is 4. The molecule has 3 N–H and O–H groups in total. The Labute approximate surface area is 379 Å². The smallest absolute Gasteiger partial charge is 0.293 e. The number of piperidine rings is 3. The monoisotopic (exact) mass is 913 g/mol. The van der Waals surface area contributed by atoms with Gasteiger partial charge in [-0.1, -0.05) is 17.7 Å². The summed E-state index contributed by atoms with van der Waals surface area (Å²) in [4.78, 5) is 77.8. The number of pyridine rings is 1. The molecule has 4 amide bonds. The van der Waals surface area contributed by atoms with Gasteiger partial charge in [-0.25, -0.2) is 14.4 Å². The third-order valence-electron chi connectivity index (χ3n) is 13.6. The number of likely N-dealkylation sites (N-methyl/N-ethyl adjacent to an activating group) is 1. The lowest BCUT2D eigenvalue weighted by molar-refractivity contribution is -0.161. The van der Waals surface area contributed by atoms with E-state index in [0.29, 0.717) is 61.2 Å². The number of carbonyl (C=O) groups excluding carboxylic acids is 4. The second kappa shape index (κ2) is 18.3. The Morgan fingerprint density at radius 3 is 2.48 bits per heavy atom. The highest BCUT2D eigenvalue weighted by Crippen LogP contribution is 2.39. The van der Waals surface area contributed by atoms with Crippen LogP contribution in [0.2, 0.25) is 5.02 Å². The van der Waals surface area contributed by atoms with E-state index in [4.69, 9.17) is 26.1 Å². The van der Waals surface area contributed by atoms with Crippen molar-refractivity contribution in [1.29, 1.82) is 0 Å². The zero-order valence-electron chi connectivity index (χ0n) is 36.6. The van der Waals surface area contributed by atoms with Crippen LogP contribution in [0.15, 0.2) is 47.4 Å². The quantitative estimate of drug-likeness (QED) is 0.0945. The number of imide groups is 1. The van der Waals surface area contributed by atoms with Gasteiger partial charge in [-0.05, 0) is 114 Å². The number of rotatable bonds is 12. The first-order valence-electron chi connectivity index (χ1n) is 22.4. The minimum atomic E-state index is -0.773. The van der Waals surface area contributed by atoms with Crippen molar-refractivity contribution in [2.24, 2.45) is 0 Å². The number of anilines is 3. The molecule has 2 aromatic carbocycles. The van der Waals surface area contributed by atoms with Crippen LogP contribution in [0.25, 0.3) is 10.9 Å². The standard InChI is InChI=1S/C46H53ClFN9O8/c1-25(2)57-36-7-4-28(18-27(36)19-38(45(57)62)64-24-40(59)53(3)63)50-42-35(47)22-49-46(52-42)55-16-12-30(13-17-55)65-31-20-29(21-31)54-14-10-26(11-15-54)32-5-6-33-34(41(32)48)23-56(44(33)61)37-8-9-39(58)51-43(37)60/h4-7,18-19,22,25-26,29-31,37,63H,8-17,20-21,23-24H2,1-3H3,(H,49,50,52)(H,51,58,60)/t29-,31-,37?. The van der Waals surface area contributed by atoms with Gasteiger partial charge in [0.25, 0.3) is 17.4 Å². The molecule has 0 radical (unpaired) electrons. The number of fused-ring (bicyclic) bond motifs is 2. The molecule has 1 unspecified atom stereocenters. The number of hydrogen-bond donors (Lipinski definition) is 3. The van der Waals surface area contributed by atoms with E-state index >= 15 is 4.39 Å². The van der Waals surface area contributed by atoms with Crippen molar-refractivity contribution in [2.75, 3.05) is 50.1 Å². The van der Waals surface area contributed by atoms with E-state index in [1.807, 2.05) is 32.0 Å². The summed E-state index contributed by atoms with van der Waals surface area (Å²) in [6.45, 7) is 6.47. The molecule has 1 aliphatic carbocycles. The van der Waals surface area contributed by atoms with E-state index in [-0.39, 0.29) is 72.5 Å². The predicted octanol–water partition coefficient (Wildman–Crippen LogP) is 5.29. The Morgan fingerprint density at radius 1 is 1.02 bits per heavy atom. The lowest BCUT2D eigenvalue weighted by atomic mass is 9.83. The number of hydrogen-bond acceptors (Lipinski definition) is 13. The number of amides is 4. The summed E-state index contributed by atoms with van der Waals surface area (Å²) in [6, 6.07) is 9.99. The van der Waals surface area contributed by atoms with Crippen molar-refractivity contribution in [1.82, 2.24) is 34.7 Å². The van der Waals surface area contributed by atoms with Crippen LogP contribution in [0.5, 0.6) is 5.75 Å². The van der Waals surface area contributed by atoms with E-state index < -0.39 is 24.5 Å². The minimum Gasteiger partial charge on any atom is -0.478 e. The second-order valence-electron chi connectivity index (χ2n) is 18.0. The molecular formula is C46H53ClFN9O8. The van der Waals surface area contributed by atoms with Gasteiger partial charge in [0.2, 0.25) is 17.8 Å². The van der Waals surface area contributed by atoms with E-state index in [9.17, 15) is 29.2 Å². The van der Waals surface area contributed by atoms with Gasteiger partial charge in [0.1, 0.15) is 16.9 Å². The van der Waals surface area contributed by atoms with Crippen LogP contribution >= 0.6 is 11.6 Å². The summed E-state index contributed by atoms with van der Waals surface area (Å²) in [5.41, 5.74) is 2.24. The van der Waals surface area contributed by atoms with Crippen LogP contribution in [-0.4, -0.2) is 122 Å². The zero-order valence-corrected chi connectivity index (χ0v) is 37.4. The Kier molecular flexibility index (Phi) is 12.5. The molecule has 65 heavy (non-hydrogen) atoms. The maximum Gasteiger partial charge on any atom is 0.293 e. The number of nitrogens with one attached hydrogen (secondary N) is 2. The molecule has 4 aliphatic heterocycles. The molecule has 0 bridgehead atoms. The highest BCUT2D eigenvalue weighted by Gasteiger charge is 2.42. The lowest BCUT2D eigenvalue weighted by Crippen LogP contribution is -2.52. The molecular weight excluding hydrogens is 861 g/mol. The van der Waals surface area contributed by atoms with E-state index in [1.165, 1.54) is 11.9 Å². The average Bonchev–Trinajstić information content (AvgIpc) is 3.61. The summed E-state index contributed by atoms with van der Waals surface area (Å²) in [5, 5.41) is 16.5. The third-order valence-corrected chi connectivity index (χ3v) is 13.8. The fourth-order valence-electron chi connectivity index (χ4n) is 9.91. The minimum absolute atomic E-state index is 0.0153. The van der Waals surface area contributed by atoms with Crippen molar-refractivity contribution in [3.63, 3.8) is 0 Å². The van der Waals surface area contributed by atoms with Gasteiger partial charge >= 0.3 is 0 Å². The van der Waals surface area contributed by atoms with E-state index in [0.717, 1.165) is 64.7 Å². The van der Waals surface area contributed by atoms with Crippen LogP contribution in [0.1, 0.15) is 98.7 Å². The summed E-state index contributed by atoms with van der Waals surface area (Å²) >= 11 is 6.59. The second-order valence-corrected chi connectivity index (χ2v) is 18.4. The predicted molar refractivity (Wildman–Crippen MR) is 238 cm³/mol. The molecule has 4 aromatic rings. The molecule has 3 saturated heterocycles. The number of ether oxygens (including phenoxy) is 2. The van der Waals surface area contributed by atoms with Gasteiger partial charge in [0.15, 0.2) is 18.2 Å². The first-order chi connectivity index (χ1) is 31.2. The van der Waals surface area contributed by atoms with Crippen LogP contribution in [-0.2, 0) is 25.7 Å².